The first-order valence-electron chi connectivity index (χ1n) is 5.30. The normalized spacial score (nSPS) is 14.2. The zero-order valence-corrected chi connectivity index (χ0v) is 10.8. The van der Waals surface area contributed by atoms with Gasteiger partial charge in [-0.1, -0.05) is 29.3 Å². The zero-order valence-electron chi connectivity index (χ0n) is 9.29. The molecular weight excluding hydrogens is 273 g/mol. The van der Waals surface area contributed by atoms with Gasteiger partial charge in [0.05, 0.1) is 10.0 Å². The van der Waals surface area contributed by atoms with Crippen LogP contribution in [0, 0.1) is 0 Å². The molecule has 2 unspecified atom stereocenters. The molecule has 2 rings (SSSR count). The molecule has 0 saturated heterocycles. The van der Waals surface area contributed by atoms with Crippen LogP contribution in [-0.4, -0.2) is 15.2 Å². The third kappa shape index (κ3) is 2.82. The van der Waals surface area contributed by atoms with Crippen LogP contribution in [0.2, 0.25) is 10.0 Å². The van der Waals surface area contributed by atoms with E-state index in [1.165, 1.54) is 0 Å². The van der Waals surface area contributed by atoms with Crippen LogP contribution in [0.15, 0.2) is 42.7 Å². The average Bonchev–Trinajstić information content (AvgIpc) is 2.41. The standard InChI is InChI=1S/C13H11Cl2NO2/c14-10-2-1-9(7-11(10)15)13(18)12(17)8-3-5-16-6-4-8/h1-7,12-13,17-18H. The number of hydrogen-bond donors (Lipinski definition) is 2. The second kappa shape index (κ2) is 5.67. The highest BCUT2D eigenvalue weighted by atomic mass is 35.5. The van der Waals surface area contributed by atoms with Crippen LogP contribution >= 0.6 is 23.2 Å². The van der Waals surface area contributed by atoms with Crippen molar-refractivity contribution in [3.05, 3.63) is 63.9 Å². The van der Waals surface area contributed by atoms with E-state index < -0.39 is 12.2 Å². The molecule has 18 heavy (non-hydrogen) atoms. The summed E-state index contributed by atoms with van der Waals surface area (Å²) in [7, 11) is 0. The van der Waals surface area contributed by atoms with E-state index in [9.17, 15) is 10.2 Å². The molecule has 2 aromatic rings. The fourth-order valence-electron chi connectivity index (χ4n) is 1.62. The van der Waals surface area contributed by atoms with Gasteiger partial charge in [0, 0.05) is 12.4 Å². The van der Waals surface area contributed by atoms with Crippen molar-refractivity contribution >= 4 is 23.2 Å². The zero-order chi connectivity index (χ0) is 13.1. The first kappa shape index (κ1) is 13.3. The highest BCUT2D eigenvalue weighted by Gasteiger charge is 2.20. The summed E-state index contributed by atoms with van der Waals surface area (Å²) in [5.74, 6) is 0. The van der Waals surface area contributed by atoms with Gasteiger partial charge in [-0.3, -0.25) is 4.98 Å². The maximum atomic E-state index is 10.1. The number of benzene rings is 1. The number of aliphatic hydroxyl groups excluding tert-OH is 2. The summed E-state index contributed by atoms with van der Waals surface area (Å²) in [6.45, 7) is 0. The van der Waals surface area contributed by atoms with Gasteiger partial charge in [-0.05, 0) is 35.4 Å². The van der Waals surface area contributed by atoms with Crippen LogP contribution in [0.1, 0.15) is 23.3 Å². The highest BCUT2D eigenvalue weighted by Crippen LogP contribution is 2.32. The molecule has 2 atom stereocenters. The molecule has 5 heteroatoms. The molecule has 1 heterocycles. The molecule has 0 aliphatic carbocycles. The van der Waals surface area contributed by atoms with Crippen molar-refractivity contribution in [3.63, 3.8) is 0 Å². The van der Waals surface area contributed by atoms with Crippen LogP contribution in [0.4, 0.5) is 0 Å². The molecule has 1 aromatic carbocycles. The number of hydrogen-bond acceptors (Lipinski definition) is 3. The molecule has 0 saturated carbocycles. The minimum atomic E-state index is -1.07. The van der Waals surface area contributed by atoms with Crippen molar-refractivity contribution in [3.8, 4) is 0 Å². The third-order valence-electron chi connectivity index (χ3n) is 2.63. The third-order valence-corrected chi connectivity index (χ3v) is 3.37. The Kier molecular flexibility index (Phi) is 4.19. The van der Waals surface area contributed by atoms with Crippen LogP contribution in [0.5, 0.6) is 0 Å². The van der Waals surface area contributed by atoms with Crippen molar-refractivity contribution in [2.45, 2.75) is 12.2 Å². The number of rotatable bonds is 3. The minimum Gasteiger partial charge on any atom is -0.385 e. The number of pyridine rings is 1. The van der Waals surface area contributed by atoms with Gasteiger partial charge in [0.1, 0.15) is 12.2 Å². The Labute approximate surface area is 115 Å². The van der Waals surface area contributed by atoms with Gasteiger partial charge in [-0.25, -0.2) is 0 Å². The molecule has 0 amide bonds. The van der Waals surface area contributed by atoms with Crippen molar-refractivity contribution in [1.29, 1.82) is 0 Å². The van der Waals surface area contributed by atoms with E-state index in [0.29, 0.717) is 21.2 Å². The Morgan fingerprint density at radius 2 is 1.44 bits per heavy atom. The van der Waals surface area contributed by atoms with Gasteiger partial charge < -0.3 is 10.2 Å². The first-order chi connectivity index (χ1) is 8.59. The second-order valence-electron chi connectivity index (χ2n) is 3.84. The van der Waals surface area contributed by atoms with Crippen molar-refractivity contribution in [2.75, 3.05) is 0 Å². The Balaban J connectivity index is 2.25. The number of aromatic nitrogens is 1. The van der Waals surface area contributed by atoms with Gasteiger partial charge in [0.15, 0.2) is 0 Å². The van der Waals surface area contributed by atoms with Gasteiger partial charge >= 0.3 is 0 Å². The lowest BCUT2D eigenvalue weighted by atomic mass is 9.99. The summed E-state index contributed by atoms with van der Waals surface area (Å²) in [5, 5.41) is 20.9. The number of halogens is 2. The Hall–Kier alpha value is -1.13. The molecule has 0 fully saturated rings. The average molecular weight is 284 g/mol. The van der Waals surface area contributed by atoms with Crippen LogP contribution < -0.4 is 0 Å². The summed E-state index contributed by atoms with van der Waals surface area (Å²) < 4.78 is 0. The minimum absolute atomic E-state index is 0.343. The second-order valence-corrected chi connectivity index (χ2v) is 4.66. The molecule has 94 valence electrons. The van der Waals surface area contributed by atoms with Crippen molar-refractivity contribution < 1.29 is 10.2 Å². The predicted molar refractivity (Wildman–Crippen MR) is 70.6 cm³/mol. The van der Waals surface area contributed by atoms with Gasteiger partial charge in [0.25, 0.3) is 0 Å². The Morgan fingerprint density at radius 1 is 0.833 bits per heavy atom. The molecule has 3 nitrogen and oxygen atoms in total. The van der Waals surface area contributed by atoms with E-state index in [0.717, 1.165) is 0 Å². The van der Waals surface area contributed by atoms with Crippen molar-refractivity contribution in [1.82, 2.24) is 4.98 Å². The molecule has 0 spiro atoms. The van der Waals surface area contributed by atoms with Crippen LogP contribution in [0.25, 0.3) is 0 Å². The summed E-state index contributed by atoms with van der Waals surface area (Å²) in [6.07, 6.45) is 1.01. The number of nitrogens with zero attached hydrogens (tertiary/aromatic N) is 1. The monoisotopic (exact) mass is 283 g/mol. The molecule has 0 aliphatic heterocycles. The van der Waals surface area contributed by atoms with Crippen molar-refractivity contribution in [2.24, 2.45) is 0 Å². The Morgan fingerprint density at radius 3 is 2.06 bits per heavy atom. The quantitative estimate of drug-likeness (QED) is 0.910. The van der Waals surface area contributed by atoms with E-state index in [1.807, 2.05) is 0 Å². The fourth-order valence-corrected chi connectivity index (χ4v) is 1.93. The predicted octanol–water partition coefficient (Wildman–Crippen LogP) is 3.16. The van der Waals surface area contributed by atoms with Gasteiger partial charge in [0.2, 0.25) is 0 Å². The van der Waals surface area contributed by atoms with E-state index in [2.05, 4.69) is 4.98 Å². The van der Waals surface area contributed by atoms with E-state index in [-0.39, 0.29) is 0 Å². The fraction of sp³-hybridized carbons (Fsp3) is 0.154. The van der Waals surface area contributed by atoms with E-state index in [4.69, 9.17) is 23.2 Å². The maximum Gasteiger partial charge on any atom is 0.109 e. The SMILES string of the molecule is OC(c1ccncc1)C(O)c1ccc(Cl)c(Cl)c1. The van der Waals surface area contributed by atoms with Crippen LogP contribution in [-0.2, 0) is 0 Å². The summed E-state index contributed by atoms with van der Waals surface area (Å²) in [5.41, 5.74) is 1.09. The largest absolute Gasteiger partial charge is 0.385 e. The molecule has 0 bridgehead atoms. The van der Waals surface area contributed by atoms with Gasteiger partial charge in [-0.15, -0.1) is 0 Å². The molecule has 1 aromatic heterocycles. The number of aliphatic hydroxyl groups is 2. The lowest BCUT2D eigenvalue weighted by molar-refractivity contribution is 0.0172. The topological polar surface area (TPSA) is 53.4 Å². The summed E-state index contributed by atoms with van der Waals surface area (Å²) in [4.78, 5) is 3.85. The summed E-state index contributed by atoms with van der Waals surface area (Å²) >= 11 is 11.7. The molecule has 0 radical (unpaired) electrons. The highest BCUT2D eigenvalue weighted by molar-refractivity contribution is 6.42. The van der Waals surface area contributed by atoms with E-state index >= 15 is 0 Å². The Bertz CT molecular complexity index is 534. The smallest absolute Gasteiger partial charge is 0.109 e. The first-order valence-corrected chi connectivity index (χ1v) is 6.06. The van der Waals surface area contributed by atoms with Gasteiger partial charge in [-0.2, -0.15) is 0 Å². The molecular formula is C13H11Cl2NO2. The maximum absolute atomic E-state index is 10.1. The lowest BCUT2D eigenvalue weighted by Crippen LogP contribution is -2.10. The molecule has 2 N–H and O–H groups in total. The van der Waals surface area contributed by atoms with E-state index in [1.54, 1.807) is 42.7 Å². The summed E-state index contributed by atoms with van der Waals surface area (Å²) in [6, 6.07) is 8.04. The van der Waals surface area contributed by atoms with Crippen LogP contribution in [0.3, 0.4) is 0 Å². The lowest BCUT2D eigenvalue weighted by Gasteiger charge is -2.18. The molecule has 0 aliphatic rings.